The molecule has 148 valence electrons. The number of carbonyl (C=O) groups excluding carboxylic acids is 1. The molecule has 9 heteroatoms. The van der Waals surface area contributed by atoms with Gasteiger partial charge >= 0.3 is 5.97 Å². The van der Waals surface area contributed by atoms with E-state index in [4.69, 9.17) is 9.84 Å². The molecule has 1 atom stereocenters. The summed E-state index contributed by atoms with van der Waals surface area (Å²) in [6, 6.07) is 12.6. The van der Waals surface area contributed by atoms with Crippen LogP contribution in [-0.4, -0.2) is 42.1 Å². The van der Waals surface area contributed by atoms with Crippen molar-refractivity contribution in [2.45, 2.75) is 13.0 Å². The number of nitro benzene ring substituents is 1. The molecule has 0 aliphatic rings. The maximum atomic E-state index is 12.3. The molecule has 1 amide bonds. The number of nitrogens with one attached hydrogen (secondary N) is 1. The smallest absolute Gasteiger partial charge is 0.341 e. The number of nitrogens with zero attached hydrogens (tertiary/aromatic N) is 2. The number of carboxylic acids is 1. The molecular formula is C19H21N3O6. The van der Waals surface area contributed by atoms with Crippen LogP contribution in [0, 0.1) is 10.1 Å². The first-order valence-corrected chi connectivity index (χ1v) is 8.46. The molecule has 2 aromatic rings. The monoisotopic (exact) mass is 387 g/mol. The van der Waals surface area contributed by atoms with Crippen molar-refractivity contribution in [1.29, 1.82) is 0 Å². The molecule has 0 fully saturated rings. The van der Waals surface area contributed by atoms with E-state index in [-0.39, 0.29) is 24.2 Å². The minimum Gasteiger partial charge on any atom is -0.482 e. The highest BCUT2D eigenvalue weighted by atomic mass is 16.6. The van der Waals surface area contributed by atoms with Gasteiger partial charge in [0.2, 0.25) is 5.91 Å². The van der Waals surface area contributed by atoms with Crippen LogP contribution in [0.4, 0.5) is 11.4 Å². The van der Waals surface area contributed by atoms with Crippen LogP contribution >= 0.6 is 0 Å². The van der Waals surface area contributed by atoms with Crippen molar-refractivity contribution in [3.05, 3.63) is 64.2 Å². The molecule has 0 spiro atoms. The number of benzene rings is 2. The van der Waals surface area contributed by atoms with Gasteiger partial charge in [0.1, 0.15) is 11.4 Å². The molecule has 0 saturated heterocycles. The fourth-order valence-corrected chi connectivity index (χ4v) is 2.61. The lowest BCUT2D eigenvalue weighted by Gasteiger charge is -2.21. The number of amides is 1. The van der Waals surface area contributed by atoms with E-state index < -0.39 is 17.5 Å². The first-order chi connectivity index (χ1) is 13.3. The molecule has 9 nitrogen and oxygen atoms in total. The number of likely N-dealkylation sites (N-methyl/N-ethyl adjacent to an activating group) is 1. The molecule has 0 aromatic heterocycles. The standard InChI is InChI=1S/C19H21N3O6/c1-13(14-7-9-15(10-8-14)28-12-19(24)25)20-18(23)11-21(2)16-5-3-4-6-17(16)22(26)27/h3-10,13H,11-12H2,1-2H3,(H,20,23)(H,24,25). The summed E-state index contributed by atoms with van der Waals surface area (Å²) >= 11 is 0. The van der Waals surface area contributed by atoms with Crippen molar-refractivity contribution in [2.75, 3.05) is 25.1 Å². The van der Waals surface area contributed by atoms with Gasteiger partial charge in [0.15, 0.2) is 6.61 Å². The minimum absolute atomic E-state index is 0.0466. The van der Waals surface area contributed by atoms with Gasteiger partial charge in [-0.1, -0.05) is 24.3 Å². The number of hydrogen-bond acceptors (Lipinski definition) is 6. The maximum Gasteiger partial charge on any atom is 0.341 e. The third kappa shape index (κ3) is 5.70. The Bertz CT molecular complexity index is 853. The molecule has 2 aromatic carbocycles. The third-order valence-corrected chi connectivity index (χ3v) is 3.99. The molecular weight excluding hydrogens is 366 g/mol. The highest BCUT2D eigenvalue weighted by Crippen LogP contribution is 2.26. The Kier molecular flexibility index (Phi) is 6.91. The van der Waals surface area contributed by atoms with Gasteiger partial charge in [0.25, 0.3) is 5.69 Å². The summed E-state index contributed by atoms with van der Waals surface area (Å²) in [5.41, 5.74) is 1.10. The average molecular weight is 387 g/mol. The van der Waals surface area contributed by atoms with Crippen molar-refractivity contribution >= 4 is 23.3 Å². The van der Waals surface area contributed by atoms with Gasteiger partial charge in [0.05, 0.1) is 17.5 Å². The van der Waals surface area contributed by atoms with E-state index in [0.29, 0.717) is 11.4 Å². The predicted molar refractivity (Wildman–Crippen MR) is 102 cm³/mol. The zero-order valence-electron chi connectivity index (χ0n) is 15.5. The number of rotatable bonds is 9. The summed E-state index contributed by atoms with van der Waals surface area (Å²) in [6.07, 6.45) is 0. The zero-order valence-corrected chi connectivity index (χ0v) is 15.5. The number of nitro groups is 1. The largest absolute Gasteiger partial charge is 0.482 e. The van der Waals surface area contributed by atoms with Crippen molar-refractivity contribution in [3.8, 4) is 5.75 Å². The average Bonchev–Trinajstić information content (AvgIpc) is 2.66. The van der Waals surface area contributed by atoms with Crippen molar-refractivity contribution in [3.63, 3.8) is 0 Å². The van der Waals surface area contributed by atoms with E-state index in [2.05, 4.69) is 5.32 Å². The summed E-state index contributed by atoms with van der Waals surface area (Å²) in [4.78, 5) is 35.0. The Morgan fingerprint density at radius 3 is 2.46 bits per heavy atom. The first kappa shape index (κ1) is 20.7. The van der Waals surface area contributed by atoms with Crippen molar-refractivity contribution in [2.24, 2.45) is 0 Å². The quantitative estimate of drug-likeness (QED) is 0.500. The van der Waals surface area contributed by atoms with E-state index >= 15 is 0 Å². The van der Waals surface area contributed by atoms with Gasteiger partial charge in [-0.25, -0.2) is 4.79 Å². The minimum atomic E-state index is -1.06. The van der Waals surface area contributed by atoms with Crippen LogP contribution in [0.3, 0.4) is 0 Å². The van der Waals surface area contributed by atoms with Crippen LogP contribution < -0.4 is 15.0 Å². The summed E-state index contributed by atoms with van der Waals surface area (Å²) in [7, 11) is 1.61. The Balaban J connectivity index is 1.95. The fraction of sp³-hybridized carbons (Fsp3) is 0.263. The summed E-state index contributed by atoms with van der Waals surface area (Å²) in [5, 5.41) is 22.6. The highest BCUT2D eigenvalue weighted by Gasteiger charge is 2.19. The van der Waals surface area contributed by atoms with Crippen LogP contribution in [0.5, 0.6) is 5.75 Å². The van der Waals surface area contributed by atoms with E-state index in [1.807, 2.05) is 0 Å². The molecule has 28 heavy (non-hydrogen) atoms. The van der Waals surface area contributed by atoms with Crippen LogP contribution in [0.15, 0.2) is 48.5 Å². The predicted octanol–water partition coefficient (Wildman–Crippen LogP) is 2.37. The molecule has 2 N–H and O–H groups in total. The van der Waals surface area contributed by atoms with Crippen molar-refractivity contribution < 1.29 is 24.4 Å². The molecule has 0 radical (unpaired) electrons. The molecule has 2 rings (SSSR count). The normalized spacial score (nSPS) is 11.4. The number of anilines is 1. The number of carboxylic acid groups (broad SMARTS) is 1. The summed E-state index contributed by atoms with van der Waals surface area (Å²) in [5.74, 6) is -0.937. The van der Waals surface area contributed by atoms with Gasteiger partial charge in [-0.2, -0.15) is 0 Å². The SMILES string of the molecule is CC(NC(=O)CN(C)c1ccccc1[N+](=O)[O-])c1ccc(OCC(=O)O)cc1. The number of para-hydroxylation sites is 2. The molecule has 0 aliphatic heterocycles. The van der Waals surface area contributed by atoms with Crippen LogP contribution in [0.25, 0.3) is 0 Å². The molecule has 1 unspecified atom stereocenters. The molecule has 0 aliphatic carbocycles. The van der Waals surface area contributed by atoms with Gasteiger partial charge in [-0.3, -0.25) is 14.9 Å². The third-order valence-electron chi connectivity index (χ3n) is 3.99. The van der Waals surface area contributed by atoms with Crippen molar-refractivity contribution in [1.82, 2.24) is 5.32 Å². The van der Waals surface area contributed by atoms with Gasteiger partial charge in [0, 0.05) is 13.1 Å². The molecule has 0 heterocycles. The Hall–Kier alpha value is -3.62. The number of aliphatic carboxylic acids is 1. The van der Waals surface area contributed by atoms with E-state index in [0.717, 1.165) is 5.56 Å². The number of ether oxygens (including phenoxy) is 1. The second kappa shape index (κ2) is 9.36. The first-order valence-electron chi connectivity index (χ1n) is 8.46. The summed E-state index contributed by atoms with van der Waals surface area (Å²) in [6.45, 7) is 1.33. The highest BCUT2D eigenvalue weighted by molar-refractivity contribution is 5.82. The van der Waals surface area contributed by atoms with E-state index in [1.54, 1.807) is 56.4 Å². The van der Waals surface area contributed by atoms with Gasteiger partial charge in [-0.15, -0.1) is 0 Å². The lowest BCUT2D eigenvalue weighted by Crippen LogP contribution is -2.36. The van der Waals surface area contributed by atoms with Gasteiger partial charge < -0.3 is 20.1 Å². The summed E-state index contributed by atoms with van der Waals surface area (Å²) < 4.78 is 5.07. The van der Waals surface area contributed by atoms with Crippen LogP contribution in [-0.2, 0) is 9.59 Å². The Morgan fingerprint density at radius 2 is 1.86 bits per heavy atom. The second-order valence-corrected chi connectivity index (χ2v) is 6.14. The fourth-order valence-electron chi connectivity index (χ4n) is 2.61. The topological polar surface area (TPSA) is 122 Å². The van der Waals surface area contributed by atoms with E-state index in [1.165, 1.54) is 11.0 Å². The Labute approximate surface area is 161 Å². The Morgan fingerprint density at radius 1 is 1.21 bits per heavy atom. The molecule has 0 bridgehead atoms. The van der Waals surface area contributed by atoms with Gasteiger partial charge in [-0.05, 0) is 30.7 Å². The zero-order chi connectivity index (χ0) is 20.7. The van der Waals surface area contributed by atoms with Crippen LogP contribution in [0.2, 0.25) is 0 Å². The lowest BCUT2D eigenvalue weighted by atomic mass is 10.1. The number of hydrogen-bond donors (Lipinski definition) is 2. The molecule has 0 saturated carbocycles. The second-order valence-electron chi connectivity index (χ2n) is 6.14. The van der Waals surface area contributed by atoms with E-state index in [9.17, 15) is 19.7 Å². The van der Waals surface area contributed by atoms with Crippen LogP contribution in [0.1, 0.15) is 18.5 Å². The maximum absolute atomic E-state index is 12.3. The lowest BCUT2D eigenvalue weighted by molar-refractivity contribution is -0.384. The number of carbonyl (C=O) groups is 2.